The van der Waals surface area contributed by atoms with Gasteiger partial charge in [0.05, 0.1) is 0 Å². The van der Waals surface area contributed by atoms with Crippen LogP contribution in [0, 0.1) is 0 Å². The minimum absolute atomic E-state index is 0.711. The Kier molecular flexibility index (Phi) is 6.26. The molecule has 90 valence electrons. The molecule has 1 aliphatic rings. The summed E-state index contributed by atoms with van der Waals surface area (Å²) in [7, 11) is 0. The van der Waals surface area contributed by atoms with E-state index in [1.807, 2.05) is 0 Å². The SMILES string of the molecule is CCCCC(C)NC1CCN(CC)CC1. The van der Waals surface area contributed by atoms with Crippen LogP contribution in [-0.4, -0.2) is 36.6 Å². The second-order valence-electron chi connectivity index (χ2n) is 4.92. The zero-order valence-electron chi connectivity index (χ0n) is 10.8. The van der Waals surface area contributed by atoms with Crippen LogP contribution in [0.15, 0.2) is 0 Å². The molecule has 1 N–H and O–H groups in total. The van der Waals surface area contributed by atoms with Gasteiger partial charge in [-0.05, 0) is 45.8 Å². The summed E-state index contributed by atoms with van der Waals surface area (Å²) in [5.74, 6) is 0. The summed E-state index contributed by atoms with van der Waals surface area (Å²) in [5.41, 5.74) is 0. The highest BCUT2D eigenvalue weighted by atomic mass is 15.1. The van der Waals surface area contributed by atoms with Gasteiger partial charge < -0.3 is 10.2 Å². The first-order valence-electron chi connectivity index (χ1n) is 6.74. The van der Waals surface area contributed by atoms with Crippen LogP contribution in [0.2, 0.25) is 0 Å². The number of hydrogen-bond acceptors (Lipinski definition) is 2. The molecule has 0 aromatic rings. The summed E-state index contributed by atoms with van der Waals surface area (Å²) in [6.07, 6.45) is 6.70. The monoisotopic (exact) mass is 212 g/mol. The molecule has 1 rings (SSSR count). The zero-order chi connectivity index (χ0) is 11.1. The highest BCUT2D eigenvalue weighted by Crippen LogP contribution is 2.11. The number of nitrogens with zero attached hydrogens (tertiary/aromatic N) is 1. The molecular weight excluding hydrogens is 184 g/mol. The highest BCUT2D eigenvalue weighted by Gasteiger charge is 2.18. The molecule has 1 aliphatic heterocycles. The first-order chi connectivity index (χ1) is 7.26. The Morgan fingerprint density at radius 2 is 1.93 bits per heavy atom. The fourth-order valence-corrected chi connectivity index (χ4v) is 2.41. The van der Waals surface area contributed by atoms with E-state index in [0.29, 0.717) is 6.04 Å². The van der Waals surface area contributed by atoms with E-state index in [9.17, 15) is 0 Å². The normalized spacial score (nSPS) is 21.8. The smallest absolute Gasteiger partial charge is 0.00938 e. The van der Waals surface area contributed by atoms with Crippen molar-refractivity contribution >= 4 is 0 Å². The lowest BCUT2D eigenvalue weighted by atomic mass is 10.0. The van der Waals surface area contributed by atoms with Crippen LogP contribution in [-0.2, 0) is 0 Å². The van der Waals surface area contributed by atoms with Gasteiger partial charge in [-0.25, -0.2) is 0 Å². The van der Waals surface area contributed by atoms with Crippen molar-refractivity contribution in [1.29, 1.82) is 0 Å². The van der Waals surface area contributed by atoms with Crippen LogP contribution < -0.4 is 5.32 Å². The molecule has 0 spiro atoms. The van der Waals surface area contributed by atoms with Crippen LogP contribution in [0.4, 0.5) is 0 Å². The third kappa shape index (κ3) is 4.98. The lowest BCUT2D eigenvalue weighted by molar-refractivity contribution is 0.198. The van der Waals surface area contributed by atoms with Gasteiger partial charge in [-0.1, -0.05) is 26.7 Å². The molecule has 0 radical (unpaired) electrons. The van der Waals surface area contributed by atoms with Crippen molar-refractivity contribution in [2.24, 2.45) is 0 Å². The van der Waals surface area contributed by atoms with E-state index in [4.69, 9.17) is 0 Å². The van der Waals surface area contributed by atoms with Crippen molar-refractivity contribution in [1.82, 2.24) is 10.2 Å². The number of likely N-dealkylation sites (tertiary alicyclic amines) is 1. The number of piperidine rings is 1. The Balaban J connectivity index is 2.12. The Morgan fingerprint density at radius 1 is 1.27 bits per heavy atom. The topological polar surface area (TPSA) is 15.3 Å². The van der Waals surface area contributed by atoms with Crippen molar-refractivity contribution in [3.05, 3.63) is 0 Å². The van der Waals surface area contributed by atoms with Crippen molar-refractivity contribution in [2.45, 2.75) is 65.0 Å². The number of rotatable bonds is 6. The van der Waals surface area contributed by atoms with Crippen LogP contribution >= 0.6 is 0 Å². The van der Waals surface area contributed by atoms with E-state index >= 15 is 0 Å². The maximum absolute atomic E-state index is 3.77. The molecule has 2 nitrogen and oxygen atoms in total. The molecule has 2 heteroatoms. The molecule has 0 aliphatic carbocycles. The van der Waals surface area contributed by atoms with Gasteiger partial charge in [0, 0.05) is 12.1 Å². The van der Waals surface area contributed by atoms with Gasteiger partial charge in [-0.15, -0.1) is 0 Å². The van der Waals surface area contributed by atoms with Crippen molar-refractivity contribution in [3.8, 4) is 0 Å². The predicted molar refractivity (Wildman–Crippen MR) is 67.3 cm³/mol. The lowest BCUT2D eigenvalue weighted by Gasteiger charge is -2.33. The number of hydrogen-bond donors (Lipinski definition) is 1. The molecule has 0 aromatic carbocycles. The molecule has 0 aromatic heterocycles. The standard InChI is InChI=1S/C13H28N2/c1-4-6-7-12(3)14-13-8-10-15(5-2)11-9-13/h12-14H,4-11H2,1-3H3. The van der Waals surface area contributed by atoms with E-state index in [2.05, 4.69) is 31.0 Å². The summed E-state index contributed by atoms with van der Waals surface area (Å²) in [5, 5.41) is 3.77. The van der Waals surface area contributed by atoms with E-state index < -0.39 is 0 Å². The van der Waals surface area contributed by atoms with Gasteiger partial charge in [0.2, 0.25) is 0 Å². The molecule has 0 bridgehead atoms. The Hall–Kier alpha value is -0.0800. The molecule has 1 atom stereocenters. The van der Waals surface area contributed by atoms with Crippen molar-refractivity contribution < 1.29 is 0 Å². The third-order valence-corrected chi connectivity index (χ3v) is 3.55. The fraction of sp³-hybridized carbons (Fsp3) is 1.00. The molecule has 0 saturated carbocycles. The lowest BCUT2D eigenvalue weighted by Crippen LogP contribution is -2.45. The van der Waals surface area contributed by atoms with Gasteiger partial charge in [0.1, 0.15) is 0 Å². The first-order valence-corrected chi connectivity index (χ1v) is 6.74. The number of unbranched alkanes of at least 4 members (excludes halogenated alkanes) is 1. The van der Waals surface area contributed by atoms with E-state index in [0.717, 1.165) is 6.04 Å². The quantitative estimate of drug-likeness (QED) is 0.728. The first kappa shape index (κ1) is 13.0. The molecule has 1 fully saturated rings. The second-order valence-corrected chi connectivity index (χ2v) is 4.92. The fourth-order valence-electron chi connectivity index (χ4n) is 2.41. The van der Waals surface area contributed by atoms with Gasteiger partial charge in [0.15, 0.2) is 0 Å². The van der Waals surface area contributed by atoms with Crippen molar-refractivity contribution in [2.75, 3.05) is 19.6 Å². The average molecular weight is 212 g/mol. The summed E-state index contributed by atoms with van der Waals surface area (Å²) < 4.78 is 0. The van der Waals surface area contributed by atoms with Gasteiger partial charge >= 0.3 is 0 Å². The van der Waals surface area contributed by atoms with Crippen LogP contribution in [0.3, 0.4) is 0 Å². The summed E-state index contributed by atoms with van der Waals surface area (Å²) in [4.78, 5) is 2.55. The van der Waals surface area contributed by atoms with E-state index in [-0.39, 0.29) is 0 Å². The minimum atomic E-state index is 0.711. The van der Waals surface area contributed by atoms with E-state index in [1.165, 1.54) is 51.7 Å². The predicted octanol–water partition coefficient (Wildman–Crippen LogP) is 2.64. The van der Waals surface area contributed by atoms with Gasteiger partial charge in [0.25, 0.3) is 0 Å². The molecular formula is C13H28N2. The summed E-state index contributed by atoms with van der Waals surface area (Å²) in [6.45, 7) is 10.7. The van der Waals surface area contributed by atoms with Crippen LogP contribution in [0.1, 0.15) is 52.9 Å². The van der Waals surface area contributed by atoms with E-state index in [1.54, 1.807) is 0 Å². The summed E-state index contributed by atoms with van der Waals surface area (Å²) >= 11 is 0. The molecule has 1 saturated heterocycles. The maximum Gasteiger partial charge on any atom is 0.00938 e. The van der Waals surface area contributed by atoms with Gasteiger partial charge in [-0.2, -0.15) is 0 Å². The largest absolute Gasteiger partial charge is 0.311 e. The second kappa shape index (κ2) is 7.24. The molecule has 1 heterocycles. The molecule has 1 unspecified atom stereocenters. The third-order valence-electron chi connectivity index (χ3n) is 3.55. The van der Waals surface area contributed by atoms with Gasteiger partial charge in [-0.3, -0.25) is 0 Å². The Labute approximate surface area is 95.4 Å². The van der Waals surface area contributed by atoms with Crippen LogP contribution in [0.5, 0.6) is 0 Å². The highest BCUT2D eigenvalue weighted by molar-refractivity contribution is 4.78. The molecule has 15 heavy (non-hydrogen) atoms. The van der Waals surface area contributed by atoms with Crippen molar-refractivity contribution in [3.63, 3.8) is 0 Å². The Bertz CT molecular complexity index is 151. The zero-order valence-corrected chi connectivity index (χ0v) is 10.8. The maximum atomic E-state index is 3.77. The Morgan fingerprint density at radius 3 is 2.47 bits per heavy atom. The number of nitrogens with one attached hydrogen (secondary N) is 1. The average Bonchev–Trinajstić information content (AvgIpc) is 2.27. The van der Waals surface area contributed by atoms with Crippen LogP contribution in [0.25, 0.3) is 0 Å². The molecule has 0 amide bonds. The summed E-state index contributed by atoms with van der Waals surface area (Å²) in [6, 6.07) is 1.49. The minimum Gasteiger partial charge on any atom is -0.311 e.